The minimum atomic E-state index is 0.113. The number of likely N-dealkylation sites (tertiary alicyclic amines) is 1. The highest BCUT2D eigenvalue weighted by Gasteiger charge is 2.29. The van der Waals surface area contributed by atoms with Crippen LogP contribution in [0.15, 0.2) is 12.1 Å². The van der Waals surface area contributed by atoms with Crippen molar-refractivity contribution >= 4 is 40.2 Å². The van der Waals surface area contributed by atoms with E-state index in [1.54, 1.807) is 0 Å². The lowest BCUT2D eigenvalue weighted by atomic mass is 10.1. The SMILES string of the molecule is CNC[C@@H]1CCN(C(=O)c2sc(-c3ccc(Cl)s3)nc2C)C1. The Morgan fingerprint density at radius 1 is 1.50 bits per heavy atom. The quantitative estimate of drug-likeness (QED) is 0.912. The smallest absolute Gasteiger partial charge is 0.265 e. The van der Waals surface area contributed by atoms with E-state index in [2.05, 4.69) is 10.3 Å². The molecule has 0 radical (unpaired) electrons. The number of thiophene rings is 1. The van der Waals surface area contributed by atoms with Gasteiger partial charge in [-0.2, -0.15) is 0 Å². The summed E-state index contributed by atoms with van der Waals surface area (Å²) >= 11 is 8.95. The van der Waals surface area contributed by atoms with Gasteiger partial charge in [0.05, 0.1) is 14.9 Å². The molecule has 1 atom stereocenters. The third kappa shape index (κ3) is 3.20. The number of carbonyl (C=O) groups excluding carboxylic acids is 1. The van der Waals surface area contributed by atoms with Crippen molar-refractivity contribution in [3.63, 3.8) is 0 Å². The first-order chi connectivity index (χ1) is 10.6. The second kappa shape index (κ2) is 6.66. The molecule has 0 saturated carbocycles. The molecule has 2 aromatic heterocycles. The molecule has 0 aromatic carbocycles. The molecule has 1 amide bonds. The van der Waals surface area contributed by atoms with Gasteiger partial charge in [-0.1, -0.05) is 11.6 Å². The van der Waals surface area contributed by atoms with Crippen LogP contribution >= 0.6 is 34.3 Å². The Morgan fingerprint density at radius 3 is 3.00 bits per heavy atom. The van der Waals surface area contributed by atoms with Gasteiger partial charge in [0, 0.05) is 13.1 Å². The number of thiazole rings is 1. The predicted molar refractivity (Wildman–Crippen MR) is 93.1 cm³/mol. The zero-order valence-electron chi connectivity index (χ0n) is 12.6. The molecule has 7 heteroatoms. The summed E-state index contributed by atoms with van der Waals surface area (Å²) in [5, 5.41) is 4.07. The van der Waals surface area contributed by atoms with Gasteiger partial charge >= 0.3 is 0 Å². The second-order valence-corrected chi connectivity index (χ2v) is 8.22. The topological polar surface area (TPSA) is 45.2 Å². The van der Waals surface area contributed by atoms with Gasteiger partial charge < -0.3 is 10.2 Å². The summed E-state index contributed by atoms with van der Waals surface area (Å²) in [6.07, 6.45) is 1.07. The molecule has 3 heterocycles. The van der Waals surface area contributed by atoms with Crippen LogP contribution in [-0.4, -0.2) is 42.5 Å². The zero-order chi connectivity index (χ0) is 15.7. The van der Waals surface area contributed by atoms with Crippen molar-refractivity contribution in [1.82, 2.24) is 15.2 Å². The standard InChI is InChI=1S/C15H18ClN3OS2/c1-9-13(15(20)19-6-5-10(8-19)7-17-2)22-14(18-9)11-3-4-12(16)21-11/h3-4,10,17H,5-8H2,1-2H3/t10-/m0/s1. The zero-order valence-corrected chi connectivity index (χ0v) is 14.9. The van der Waals surface area contributed by atoms with Crippen molar-refractivity contribution in [1.29, 1.82) is 0 Å². The maximum atomic E-state index is 12.7. The van der Waals surface area contributed by atoms with Crippen LogP contribution in [0.5, 0.6) is 0 Å². The van der Waals surface area contributed by atoms with Crippen LogP contribution in [0.2, 0.25) is 4.34 Å². The van der Waals surface area contributed by atoms with Gasteiger partial charge in [0.2, 0.25) is 0 Å². The van der Waals surface area contributed by atoms with Gasteiger partial charge in [-0.05, 0) is 45.0 Å². The summed E-state index contributed by atoms with van der Waals surface area (Å²) in [7, 11) is 1.95. The van der Waals surface area contributed by atoms with Gasteiger partial charge in [-0.15, -0.1) is 22.7 Å². The molecule has 0 bridgehead atoms. The molecular formula is C15H18ClN3OS2. The maximum Gasteiger partial charge on any atom is 0.265 e. The molecule has 4 nitrogen and oxygen atoms in total. The molecule has 1 aliphatic rings. The van der Waals surface area contributed by atoms with Gasteiger partial charge in [0.1, 0.15) is 9.88 Å². The molecule has 22 heavy (non-hydrogen) atoms. The number of carbonyl (C=O) groups is 1. The number of aromatic nitrogens is 1. The minimum Gasteiger partial charge on any atom is -0.338 e. The van der Waals surface area contributed by atoms with Crippen LogP contribution in [0.4, 0.5) is 0 Å². The number of halogens is 1. The van der Waals surface area contributed by atoms with Crippen molar-refractivity contribution in [2.75, 3.05) is 26.7 Å². The number of nitrogens with zero attached hydrogens (tertiary/aromatic N) is 2. The molecule has 1 N–H and O–H groups in total. The number of amides is 1. The molecular weight excluding hydrogens is 338 g/mol. The van der Waals surface area contributed by atoms with E-state index >= 15 is 0 Å². The summed E-state index contributed by atoms with van der Waals surface area (Å²) < 4.78 is 0.741. The van der Waals surface area contributed by atoms with Crippen LogP contribution < -0.4 is 5.32 Å². The Bertz CT molecular complexity index is 682. The molecule has 118 valence electrons. The molecule has 0 spiro atoms. The largest absolute Gasteiger partial charge is 0.338 e. The van der Waals surface area contributed by atoms with Gasteiger partial charge in [-0.25, -0.2) is 4.98 Å². The Kier molecular flexibility index (Phi) is 4.82. The highest BCUT2D eigenvalue weighted by atomic mass is 35.5. The number of aryl methyl sites for hydroxylation is 1. The first kappa shape index (κ1) is 15.9. The molecule has 3 rings (SSSR count). The van der Waals surface area contributed by atoms with E-state index in [1.165, 1.54) is 22.7 Å². The normalized spacial score (nSPS) is 18.1. The first-order valence-corrected chi connectivity index (χ1v) is 9.26. The fraction of sp³-hybridized carbons (Fsp3) is 0.467. The van der Waals surface area contributed by atoms with E-state index in [9.17, 15) is 4.79 Å². The van der Waals surface area contributed by atoms with E-state index in [0.717, 1.165) is 50.8 Å². The lowest BCUT2D eigenvalue weighted by Gasteiger charge is -2.15. The lowest BCUT2D eigenvalue weighted by molar-refractivity contribution is 0.0791. The maximum absolute atomic E-state index is 12.7. The van der Waals surface area contributed by atoms with Crippen molar-refractivity contribution in [2.24, 2.45) is 5.92 Å². The molecule has 0 unspecified atom stereocenters. The van der Waals surface area contributed by atoms with E-state index < -0.39 is 0 Å². The molecule has 1 saturated heterocycles. The molecule has 2 aromatic rings. The summed E-state index contributed by atoms with van der Waals surface area (Å²) in [4.78, 5) is 21.0. The van der Waals surface area contributed by atoms with Crippen LogP contribution in [0.25, 0.3) is 9.88 Å². The van der Waals surface area contributed by atoms with Crippen molar-refractivity contribution < 1.29 is 4.79 Å². The van der Waals surface area contributed by atoms with E-state index in [1.807, 2.05) is 31.0 Å². The van der Waals surface area contributed by atoms with Crippen LogP contribution in [0.3, 0.4) is 0 Å². The monoisotopic (exact) mass is 355 g/mol. The number of hydrogen-bond acceptors (Lipinski definition) is 5. The van der Waals surface area contributed by atoms with Gasteiger partial charge in [-0.3, -0.25) is 4.79 Å². The Labute approximate surface area is 143 Å². The number of nitrogens with one attached hydrogen (secondary N) is 1. The first-order valence-electron chi connectivity index (χ1n) is 7.25. The highest BCUT2D eigenvalue weighted by molar-refractivity contribution is 7.24. The summed E-state index contributed by atoms with van der Waals surface area (Å²) in [5.74, 6) is 0.667. The van der Waals surface area contributed by atoms with Crippen molar-refractivity contribution in [2.45, 2.75) is 13.3 Å². The highest BCUT2D eigenvalue weighted by Crippen LogP contribution is 2.35. The Balaban J connectivity index is 1.77. The fourth-order valence-corrected chi connectivity index (χ4v) is 4.88. The third-order valence-electron chi connectivity index (χ3n) is 3.84. The predicted octanol–water partition coefficient (Wildman–Crippen LogP) is 3.51. The van der Waals surface area contributed by atoms with Gasteiger partial charge in [0.15, 0.2) is 0 Å². The summed E-state index contributed by atoms with van der Waals surface area (Å²) in [6.45, 7) is 4.54. The van der Waals surface area contributed by atoms with Crippen molar-refractivity contribution in [3.8, 4) is 9.88 Å². The fourth-order valence-electron chi connectivity index (χ4n) is 2.75. The van der Waals surface area contributed by atoms with E-state index in [-0.39, 0.29) is 5.91 Å². The minimum absolute atomic E-state index is 0.113. The van der Waals surface area contributed by atoms with E-state index in [4.69, 9.17) is 11.6 Å². The average molecular weight is 356 g/mol. The van der Waals surface area contributed by atoms with Crippen LogP contribution in [0.1, 0.15) is 21.8 Å². The van der Waals surface area contributed by atoms with Crippen molar-refractivity contribution in [3.05, 3.63) is 27.0 Å². The summed E-state index contributed by atoms with van der Waals surface area (Å²) in [6, 6.07) is 3.82. The average Bonchev–Trinajstić information content (AvgIpc) is 3.19. The molecule has 0 aliphatic carbocycles. The number of rotatable bonds is 4. The van der Waals surface area contributed by atoms with E-state index in [0.29, 0.717) is 5.92 Å². The summed E-state index contributed by atoms with van der Waals surface area (Å²) in [5.41, 5.74) is 0.812. The van der Waals surface area contributed by atoms with Crippen LogP contribution in [0, 0.1) is 12.8 Å². The third-order valence-corrected chi connectivity index (χ3v) is 6.39. The number of hydrogen-bond donors (Lipinski definition) is 1. The molecule has 1 fully saturated rings. The second-order valence-electron chi connectivity index (χ2n) is 5.50. The lowest BCUT2D eigenvalue weighted by Crippen LogP contribution is -2.30. The van der Waals surface area contributed by atoms with Gasteiger partial charge in [0.25, 0.3) is 5.91 Å². The van der Waals surface area contributed by atoms with Crippen LogP contribution in [-0.2, 0) is 0 Å². The Morgan fingerprint density at radius 2 is 2.32 bits per heavy atom. The molecule has 1 aliphatic heterocycles. The Hall–Kier alpha value is -0.950.